The van der Waals surface area contributed by atoms with Gasteiger partial charge >= 0.3 is 0 Å². The van der Waals surface area contributed by atoms with Crippen LogP contribution in [-0.4, -0.2) is 14.6 Å². The monoisotopic (exact) mass is 403 g/mol. The number of hydrogen-bond donors (Lipinski definition) is 0. The van der Waals surface area contributed by atoms with Gasteiger partial charge in [-0.3, -0.25) is 4.79 Å². The Morgan fingerprint density at radius 3 is 2.65 bits per heavy atom. The normalized spacial score (nSPS) is 12.3. The number of fused-ring (bicyclic) bond motifs is 1. The third-order valence-electron chi connectivity index (χ3n) is 3.45. The summed E-state index contributed by atoms with van der Waals surface area (Å²) in [5, 5.41) is 6.38. The first-order chi connectivity index (χ1) is 11.1. The van der Waals surface area contributed by atoms with Gasteiger partial charge in [-0.05, 0) is 42.1 Å². The van der Waals surface area contributed by atoms with E-state index in [9.17, 15) is 4.79 Å². The molecule has 0 atom stereocenters. The van der Waals surface area contributed by atoms with E-state index in [1.807, 2.05) is 48.7 Å². The maximum Gasteiger partial charge on any atom is 0.291 e. The zero-order valence-corrected chi connectivity index (χ0v) is 15.2. The van der Waals surface area contributed by atoms with Crippen molar-refractivity contribution < 1.29 is 0 Å². The van der Waals surface area contributed by atoms with E-state index in [1.165, 1.54) is 21.4 Å². The lowest BCUT2D eigenvalue weighted by Crippen LogP contribution is -2.23. The van der Waals surface area contributed by atoms with E-state index in [2.05, 4.69) is 26.0 Å². The molecular weight excluding hydrogens is 394 g/mol. The van der Waals surface area contributed by atoms with E-state index < -0.39 is 0 Å². The smallest absolute Gasteiger partial charge is 0.266 e. The summed E-state index contributed by atoms with van der Waals surface area (Å²) in [5.41, 5.74) is 1.95. The van der Waals surface area contributed by atoms with Crippen LogP contribution in [0.1, 0.15) is 10.4 Å². The molecule has 3 heterocycles. The van der Waals surface area contributed by atoms with Crippen molar-refractivity contribution in [2.24, 2.45) is 0 Å². The number of thiazole rings is 1. The first-order valence-corrected chi connectivity index (χ1v) is 9.32. The van der Waals surface area contributed by atoms with Crippen molar-refractivity contribution in [3.63, 3.8) is 0 Å². The van der Waals surface area contributed by atoms with Crippen LogP contribution in [0, 0.1) is 6.92 Å². The number of benzene rings is 1. The molecule has 0 bridgehead atoms. The highest BCUT2D eigenvalue weighted by Crippen LogP contribution is 2.20. The van der Waals surface area contributed by atoms with Crippen molar-refractivity contribution in [1.82, 2.24) is 14.6 Å². The highest BCUT2D eigenvalue weighted by molar-refractivity contribution is 9.10. The van der Waals surface area contributed by atoms with Crippen LogP contribution in [-0.2, 0) is 0 Å². The lowest BCUT2D eigenvalue weighted by Gasteiger charge is -1.94. The van der Waals surface area contributed by atoms with Crippen molar-refractivity contribution in [3.05, 3.63) is 65.5 Å². The maximum atomic E-state index is 12.5. The van der Waals surface area contributed by atoms with Gasteiger partial charge in [0, 0.05) is 14.9 Å². The van der Waals surface area contributed by atoms with E-state index in [4.69, 9.17) is 0 Å². The Balaban J connectivity index is 1.84. The molecule has 0 aliphatic rings. The Hall–Kier alpha value is -1.83. The largest absolute Gasteiger partial charge is 0.291 e. The van der Waals surface area contributed by atoms with Gasteiger partial charge in [-0.1, -0.05) is 39.4 Å². The number of halogens is 1. The molecule has 4 nitrogen and oxygen atoms in total. The van der Waals surface area contributed by atoms with Gasteiger partial charge in [0.1, 0.15) is 0 Å². The Labute approximate surface area is 147 Å². The molecule has 0 fully saturated rings. The standard InChI is InChI=1S/C16H10BrN3OS2/c1-9-6-7-22-12(9)8-13-15(21)20-16(23-13)18-14(19-20)10-2-4-11(17)5-3-10/h2-8H,1H3. The molecule has 1 aromatic carbocycles. The third kappa shape index (κ3) is 2.65. The summed E-state index contributed by atoms with van der Waals surface area (Å²) in [6.07, 6.45) is 1.92. The molecule has 0 saturated heterocycles. The summed E-state index contributed by atoms with van der Waals surface area (Å²) in [6, 6.07) is 9.76. The Morgan fingerprint density at radius 2 is 2.00 bits per heavy atom. The molecule has 3 aromatic heterocycles. The molecule has 0 aliphatic carbocycles. The Bertz CT molecular complexity index is 1110. The number of thiophene rings is 1. The van der Waals surface area contributed by atoms with Crippen molar-refractivity contribution in [3.8, 4) is 11.4 Å². The average molecular weight is 404 g/mol. The van der Waals surface area contributed by atoms with Gasteiger partial charge in [0.05, 0.1) is 4.53 Å². The summed E-state index contributed by atoms with van der Waals surface area (Å²) in [5.74, 6) is 0.569. The predicted octanol–water partition coefficient (Wildman–Crippen LogP) is 3.50. The zero-order chi connectivity index (χ0) is 16.0. The van der Waals surface area contributed by atoms with Crippen LogP contribution in [0.3, 0.4) is 0 Å². The van der Waals surface area contributed by atoms with Crippen molar-refractivity contribution >= 4 is 49.6 Å². The van der Waals surface area contributed by atoms with Crippen LogP contribution >= 0.6 is 38.6 Å². The zero-order valence-electron chi connectivity index (χ0n) is 12.0. The summed E-state index contributed by atoms with van der Waals surface area (Å²) in [7, 11) is 0. The number of rotatable bonds is 2. The molecule has 7 heteroatoms. The van der Waals surface area contributed by atoms with E-state index in [0.29, 0.717) is 15.3 Å². The fourth-order valence-electron chi connectivity index (χ4n) is 2.21. The van der Waals surface area contributed by atoms with Gasteiger partial charge in [0.15, 0.2) is 5.82 Å². The van der Waals surface area contributed by atoms with Gasteiger partial charge in [-0.2, -0.15) is 9.50 Å². The van der Waals surface area contributed by atoms with Crippen LogP contribution in [0.4, 0.5) is 0 Å². The van der Waals surface area contributed by atoms with Gasteiger partial charge in [-0.15, -0.1) is 16.4 Å². The van der Waals surface area contributed by atoms with Gasteiger partial charge in [0.25, 0.3) is 5.56 Å². The highest BCUT2D eigenvalue weighted by atomic mass is 79.9. The molecule has 4 rings (SSSR count). The van der Waals surface area contributed by atoms with E-state index in [1.54, 1.807) is 11.3 Å². The second-order valence-corrected chi connectivity index (χ2v) is 7.89. The molecule has 23 heavy (non-hydrogen) atoms. The number of hydrogen-bond acceptors (Lipinski definition) is 5. The Morgan fingerprint density at radius 1 is 1.22 bits per heavy atom. The average Bonchev–Trinajstić information content (AvgIpc) is 3.20. The first kappa shape index (κ1) is 14.7. The van der Waals surface area contributed by atoms with Crippen LogP contribution in [0.5, 0.6) is 0 Å². The van der Waals surface area contributed by atoms with Crippen LogP contribution < -0.4 is 10.1 Å². The molecular formula is C16H10BrN3OS2. The molecule has 114 valence electrons. The highest BCUT2D eigenvalue weighted by Gasteiger charge is 2.12. The quantitative estimate of drug-likeness (QED) is 0.514. The summed E-state index contributed by atoms with van der Waals surface area (Å²) in [4.78, 5) is 18.7. The minimum absolute atomic E-state index is 0.117. The van der Waals surface area contributed by atoms with Crippen LogP contribution in [0.25, 0.3) is 22.4 Å². The molecule has 0 radical (unpaired) electrons. The summed E-state index contributed by atoms with van der Waals surface area (Å²) >= 11 is 6.40. The first-order valence-electron chi connectivity index (χ1n) is 6.83. The lowest BCUT2D eigenvalue weighted by molar-refractivity contribution is 0.937. The van der Waals surface area contributed by atoms with Gasteiger partial charge in [-0.25, -0.2) is 0 Å². The van der Waals surface area contributed by atoms with Crippen LogP contribution in [0.15, 0.2) is 45.0 Å². The minimum Gasteiger partial charge on any atom is -0.266 e. The lowest BCUT2D eigenvalue weighted by atomic mass is 10.2. The van der Waals surface area contributed by atoms with Crippen molar-refractivity contribution in [2.75, 3.05) is 0 Å². The Kier molecular flexibility index (Phi) is 3.63. The second-order valence-electron chi connectivity index (χ2n) is 5.02. The third-order valence-corrected chi connectivity index (χ3v) is 5.90. The number of aromatic nitrogens is 3. The predicted molar refractivity (Wildman–Crippen MR) is 98.1 cm³/mol. The number of nitrogens with zero attached hydrogens (tertiary/aromatic N) is 3. The second kappa shape index (κ2) is 5.67. The van der Waals surface area contributed by atoms with E-state index in [0.717, 1.165) is 14.9 Å². The molecule has 0 saturated carbocycles. The van der Waals surface area contributed by atoms with Crippen molar-refractivity contribution in [1.29, 1.82) is 0 Å². The maximum absolute atomic E-state index is 12.5. The minimum atomic E-state index is -0.117. The van der Waals surface area contributed by atoms with E-state index in [-0.39, 0.29) is 5.56 Å². The van der Waals surface area contributed by atoms with Crippen molar-refractivity contribution in [2.45, 2.75) is 6.92 Å². The molecule has 0 N–H and O–H groups in total. The fraction of sp³-hybridized carbons (Fsp3) is 0.0625. The molecule has 0 aliphatic heterocycles. The van der Waals surface area contributed by atoms with E-state index >= 15 is 0 Å². The van der Waals surface area contributed by atoms with Crippen LogP contribution in [0.2, 0.25) is 0 Å². The molecule has 0 unspecified atom stereocenters. The molecule has 0 spiro atoms. The molecule has 4 aromatic rings. The SMILES string of the molecule is Cc1ccsc1C=c1sc2nc(-c3ccc(Br)cc3)nn2c1=O. The molecule has 0 amide bonds. The van der Waals surface area contributed by atoms with Gasteiger partial charge in [0.2, 0.25) is 4.96 Å². The fourth-order valence-corrected chi connectivity index (χ4v) is 4.29. The number of aryl methyl sites for hydroxylation is 1. The topological polar surface area (TPSA) is 47.3 Å². The van der Waals surface area contributed by atoms with Gasteiger partial charge < -0.3 is 0 Å². The summed E-state index contributed by atoms with van der Waals surface area (Å²) < 4.78 is 3.04. The summed E-state index contributed by atoms with van der Waals surface area (Å²) in [6.45, 7) is 2.04.